The van der Waals surface area contributed by atoms with Gasteiger partial charge in [0.25, 0.3) is 0 Å². The van der Waals surface area contributed by atoms with Gasteiger partial charge in [-0.15, -0.1) is 0 Å². The first-order valence-corrected chi connectivity index (χ1v) is 9.58. The summed E-state index contributed by atoms with van der Waals surface area (Å²) in [4.78, 5) is 0. The fraction of sp³-hybridized carbons (Fsp3) is 0.412. The van der Waals surface area contributed by atoms with Crippen molar-refractivity contribution in [2.24, 2.45) is 0 Å². The van der Waals surface area contributed by atoms with Crippen LogP contribution in [-0.4, -0.2) is 8.07 Å². The summed E-state index contributed by atoms with van der Waals surface area (Å²) >= 11 is 0. The Morgan fingerprint density at radius 3 is 2.17 bits per heavy atom. The van der Waals surface area contributed by atoms with Crippen LogP contribution in [0, 0.1) is 0 Å². The highest BCUT2D eigenvalue weighted by molar-refractivity contribution is 6.98. The molecule has 2 aliphatic rings. The van der Waals surface area contributed by atoms with Crippen molar-refractivity contribution in [2.75, 3.05) is 0 Å². The molecule has 0 bridgehead atoms. The second-order valence-corrected chi connectivity index (χ2v) is 10.2. The first-order chi connectivity index (χ1) is 8.74. The third-order valence-electron chi connectivity index (χ3n) is 5.02. The number of benzene rings is 1. The number of allylic oxidation sites excluding steroid dienone is 4. The van der Waals surface area contributed by atoms with Crippen molar-refractivity contribution in [1.29, 1.82) is 0 Å². The van der Waals surface area contributed by atoms with E-state index in [0.29, 0.717) is 0 Å². The molecule has 1 saturated heterocycles. The molecule has 0 radical (unpaired) electrons. The zero-order valence-corrected chi connectivity index (χ0v) is 12.5. The molecule has 1 heteroatoms. The molecule has 1 heterocycles. The fourth-order valence-corrected chi connectivity index (χ4v) is 9.58. The Balaban J connectivity index is 2.09. The molecule has 3 rings (SSSR count). The van der Waals surface area contributed by atoms with E-state index in [1.807, 2.05) is 5.20 Å². The molecular weight excluding hydrogens is 232 g/mol. The van der Waals surface area contributed by atoms with Gasteiger partial charge in [-0.1, -0.05) is 70.8 Å². The van der Waals surface area contributed by atoms with Crippen molar-refractivity contribution in [1.82, 2.24) is 0 Å². The Kier molecular flexibility index (Phi) is 3.02. The summed E-state index contributed by atoms with van der Waals surface area (Å²) in [5.74, 6) is 0. The Morgan fingerprint density at radius 2 is 1.61 bits per heavy atom. The third-order valence-corrected chi connectivity index (χ3v) is 10.6. The van der Waals surface area contributed by atoms with Crippen molar-refractivity contribution in [3.63, 3.8) is 0 Å². The SMILES string of the molecule is CC1=CCC([Si]2(c3ccccc3)CCCC2)=C1C. The van der Waals surface area contributed by atoms with Crippen LogP contribution in [0.5, 0.6) is 0 Å². The Labute approximate surface area is 111 Å². The third kappa shape index (κ3) is 1.73. The van der Waals surface area contributed by atoms with Crippen LogP contribution in [0.4, 0.5) is 0 Å². The maximum Gasteiger partial charge on any atom is 0.114 e. The molecule has 1 aromatic rings. The standard InChI is InChI=1S/C17H22Si/c1-14-10-11-17(15(14)2)18(12-6-7-13-18)16-8-4-3-5-9-16/h3-5,8-10H,6-7,11-13H2,1-2H3. The molecule has 0 amide bonds. The van der Waals surface area contributed by atoms with Gasteiger partial charge in [0.1, 0.15) is 8.07 Å². The predicted octanol–water partition coefficient (Wildman–Crippen LogP) is 4.34. The normalized spacial score (nSPS) is 22.4. The van der Waals surface area contributed by atoms with Crippen LogP contribution in [0.2, 0.25) is 12.1 Å². The van der Waals surface area contributed by atoms with E-state index in [4.69, 9.17) is 0 Å². The van der Waals surface area contributed by atoms with Gasteiger partial charge in [0.2, 0.25) is 0 Å². The van der Waals surface area contributed by atoms with Crippen LogP contribution in [0.25, 0.3) is 0 Å². The van der Waals surface area contributed by atoms with Crippen LogP contribution in [0.3, 0.4) is 0 Å². The molecule has 0 N–H and O–H groups in total. The second kappa shape index (κ2) is 4.54. The van der Waals surface area contributed by atoms with E-state index in [9.17, 15) is 0 Å². The molecule has 1 aliphatic carbocycles. The molecule has 0 nitrogen and oxygen atoms in total. The summed E-state index contributed by atoms with van der Waals surface area (Å²) < 4.78 is 0. The second-order valence-electron chi connectivity index (χ2n) is 5.85. The summed E-state index contributed by atoms with van der Waals surface area (Å²) in [7, 11) is -1.35. The van der Waals surface area contributed by atoms with Crippen molar-refractivity contribution >= 4 is 13.3 Å². The van der Waals surface area contributed by atoms with Gasteiger partial charge >= 0.3 is 0 Å². The minimum atomic E-state index is -1.35. The molecular formula is C17H22Si. The lowest BCUT2D eigenvalue weighted by Crippen LogP contribution is -2.47. The lowest BCUT2D eigenvalue weighted by molar-refractivity contribution is 0.935. The lowest BCUT2D eigenvalue weighted by atomic mass is 10.2. The van der Waals surface area contributed by atoms with Crippen molar-refractivity contribution in [2.45, 2.75) is 45.2 Å². The molecule has 1 aromatic carbocycles. The lowest BCUT2D eigenvalue weighted by Gasteiger charge is -2.30. The Bertz CT molecular complexity index is 502. The summed E-state index contributed by atoms with van der Waals surface area (Å²) in [6.45, 7) is 4.63. The van der Waals surface area contributed by atoms with Crippen LogP contribution < -0.4 is 5.19 Å². The first-order valence-electron chi connectivity index (χ1n) is 7.17. The smallest absolute Gasteiger partial charge is 0.0776 e. The van der Waals surface area contributed by atoms with Gasteiger partial charge in [0.05, 0.1) is 0 Å². The highest BCUT2D eigenvalue weighted by Gasteiger charge is 2.42. The molecule has 0 unspecified atom stereocenters. The molecule has 1 aliphatic heterocycles. The average molecular weight is 254 g/mol. The number of hydrogen-bond acceptors (Lipinski definition) is 0. The minimum absolute atomic E-state index is 1.23. The van der Waals surface area contributed by atoms with Crippen LogP contribution in [-0.2, 0) is 0 Å². The van der Waals surface area contributed by atoms with E-state index in [1.54, 1.807) is 10.8 Å². The molecule has 0 aromatic heterocycles. The van der Waals surface area contributed by atoms with Gasteiger partial charge in [0, 0.05) is 0 Å². The largest absolute Gasteiger partial charge is 0.114 e. The average Bonchev–Trinajstić information content (AvgIpc) is 3.01. The molecule has 1 fully saturated rings. The highest BCUT2D eigenvalue weighted by Crippen LogP contribution is 2.42. The van der Waals surface area contributed by atoms with Crippen molar-refractivity contribution in [3.05, 3.63) is 52.8 Å². The zero-order chi connectivity index (χ0) is 12.6. The van der Waals surface area contributed by atoms with Gasteiger partial charge in [-0.2, -0.15) is 0 Å². The van der Waals surface area contributed by atoms with Gasteiger partial charge in [-0.25, -0.2) is 0 Å². The van der Waals surface area contributed by atoms with Gasteiger partial charge in [0.15, 0.2) is 0 Å². The molecule has 0 atom stereocenters. The minimum Gasteiger partial charge on any atom is -0.0776 e. The molecule has 94 valence electrons. The van der Waals surface area contributed by atoms with Gasteiger partial charge in [-0.05, 0) is 32.4 Å². The number of rotatable bonds is 2. The molecule has 0 spiro atoms. The van der Waals surface area contributed by atoms with E-state index in [0.717, 1.165) is 0 Å². The summed E-state index contributed by atoms with van der Waals surface area (Å²) in [5.41, 5.74) is 3.15. The summed E-state index contributed by atoms with van der Waals surface area (Å²) in [5, 5.41) is 3.52. The van der Waals surface area contributed by atoms with E-state index >= 15 is 0 Å². The maximum atomic E-state index is 2.45. The van der Waals surface area contributed by atoms with E-state index in [2.05, 4.69) is 50.3 Å². The molecule has 0 saturated carbocycles. The maximum absolute atomic E-state index is 2.45. The van der Waals surface area contributed by atoms with E-state index < -0.39 is 8.07 Å². The molecule has 18 heavy (non-hydrogen) atoms. The predicted molar refractivity (Wildman–Crippen MR) is 81.8 cm³/mol. The summed E-state index contributed by atoms with van der Waals surface area (Å²) in [6.07, 6.45) is 6.56. The fourth-order valence-electron chi connectivity index (χ4n) is 3.85. The first kappa shape index (κ1) is 12.0. The van der Waals surface area contributed by atoms with Crippen LogP contribution in [0.15, 0.2) is 52.8 Å². The van der Waals surface area contributed by atoms with Crippen LogP contribution in [0.1, 0.15) is 33.1 Å². The zero-order valence-electron chi connectivity index (χ0n) is 11.5. The van der Waals surface area contributed by atoms with E-state index in [-0.39, 0.29) is 0 Å². The Morgan fingerprint density at radius 1 is 0.944 bits per heavy atom. The van der Waals surface area contributed by atoms with E-state index in [1.165, 1.54) is 36.9 Å². The topological polar surface area (TPSA) is 0 Å². The Hall–Kier alpha value is -1.08. The highest BCUT2D eigenvalue weighted by atomic mass is 28.3. The van der Waals surface area contributed by atoms with Crippen molar-refractivity contribution in [3.8, 4) is 0 Å². The summed E-state index contributed by atoms with van der Waals surface area (Å²) in [6, 6.07) is 14.4. The van der Waals surface area contributed by atoms with Gasteiger partial charge < -0.3 is 0 Å². The van der Waals surface area contributed by atoms with Gasteiger partial charge in [-0.3, -0.25) is 0 Å². The quantitative estimate of drug-likeness (QED) is 0.689. The monoisotopic (exact) mass is 254 g/mol. The van der Waals surface area contributed by atoms with Crippen LogP contribution >= 0.6 is 0 Å². The number of hydrogen-bond donors (Lipinski definition) is 0. The van der Waals surface area contributed by atoms with Crippen molar-refractivity contribution < 1.29 is 0 Å².